The van der Waals surface area contributed by atoms with Gasteiger partial charge in [-0.1, -0.05) is 36.4 Å². The molecular weight excluding hydrogens is 513 g/mol. The van der Waals surface area contributed by atoms with Crippen LogP contribution in [0.5, 0.6) is 11.5 Å². The van der Waals surface area contributed by atoms with Gasteiger partial charge in [0.15, 0.2) is 0 Å². The molecule has 1 aromatic heterocycles. The van der Waals surface area contributed by atoms with E-state index in [4.69, 9.17) is 42.7 Å². The highest BCUT2D eigenvalue weighted by Gasteiger charge is 2.13. The Morgan fingerprint density at radius 3 is 2.33 bits per heavy atom. The van der Waals surface area contributed by atoms with Gasteiger partial charge in [-0.25, -0.2) is 4.98 Å². The molecule has 8 heteroatoms. The normalized spacial score (nSPS) is 11.1. The van der Waals surface area contributed by atoms with Crippen LogP contribution < -0.4 is 14.4 Å². The fourth-order valence-corrected chi connectivity index (χ4v) is 5.05. The molecular formula is C28H27Cl2N3O2S. The summed E-state index contributed by atoms with van der Waals surface area (Å²) >= 11 is 13.6. The molecule has 0 bridgehead atoms. The summed E-state index contributed by atoms with van der Waals surface area (Å²) in [6.07, 6.45) is 1.80. The van der Waals surface area contributed by atoms with Gasteiger partial charge in [-0.05, 0) is 35.9 Å². The van der Waals surface area contributed by atoms with Gasteiger partial charge in [0, 0.05) is 47.6 Å². The lowest BCUT2D eigenvalue weighted by atomic mass is 10.1. The maximum absolute atomic E-state index is 5.98. The number of hydrogen-bond acceptors (Lipinski definition) is 6. The molecule has 0 aliphatic carbocycles. The van der Waals surface area contributed by atoms with Crippen LogP contribution >= 0.6 is 34.5 Å². The molecule has 3 aromatic carbocycles. The number of nitrogens with zero attached hydrogens (tertiary/aromatic N) is 3. The second kappa shape index (κ2) is 12.8. The first-order chi connectivity index (χ1) is 17.7. The van der Waals surface area contributed by atoms with Crippen molar-refractivity contribution in [1.29, 1.82) is 0 Å². The smallest absolute Gasteiger partial charge is 0.144 e. The third kappa shape index (κ3) is 6.19. The molecule has 4 rings (SSSR count). The number of aromatic nitrogens is 1. The first kappa shape index (κ1) is 26.0. The van der Waals surface area contributed by atoms with E-state index < -0.39 is 0 Å². The Balaban J connectivity index is 1.61. The number of anilines is 1. The van der Waals surface area contributed by atoms with Gasteiger partial charge in [-0.15, -0.1) is 34.5 Å². The van der Waals surface area contributed by atoms with Crippen molar-refractivity contribution in [2.24, 2.45) is 4.99 Å². The summed E-state index contributed by atoms with van der Waals surface area (Å²) < 4.78 is 11.2. The van der Waals surface area contributed by atoms with Crippen LogP contribution in [0.25, 0.3) is 21.8 Å². The van der Waals surface area contributed by atoms with Crippen LogP contribution in [-0.2, 0) is 0 Å². The van der Waals surface area contributed by atoms with Crippen molar-refractivity contribution >= 4 is 52.1 Å². The molecule has 36 heavy (non-hydrogen) atoms. The molecule has 4 aromatic rings. The van der Waals surface area contributed by atoms with Crippen molar-refractivity contribution in [3.05, 3.63) is 77.7 Å². The molecule has 0 saturated heterocycles. The molecule has 0 amide bonds. The van der Waals surface area contributed by atoms with Gasteiger partial charge in [0.2, 0.25) is 0 Å². The van der Waals surface area contributed by atoms with Crippen molar-refractivity contribution < 1.29 is 9.47 Å². The Kier molecular flexibility index (Phi) is 9.23. The Bertz CT molecular complexity index is 1310. The summed E-state index contributed by atoms with van der Waals surface area (Å²) in [4.78, 5) is 11.7. The quantitative estimate of drug-likeness (QED) is 0.146. The van der Waals surface area contributed by atoms with Crippen LogP contribution in [0.15, 0.2) is 77.1 Å². The van der Waals surface area contributed by atoms with E-state index >= 15 is 0 Å². The van der Waals surface area contributed by atoms with E-state index in [1.165, 1.54) is 0 Å². The minimum atomic E-state index is 0.505. The summed E-state index contributed by atoms with van der Waals surface area (Å²) in [5.41, 5.74) is 5.56. The monoisotopic (exact) mass is 539 g/mol. The predicted octanol–water partition coefficient (Wildman–Crippen LogP) is 7.53. The average Bonchev–Trinajstić information content (AvgIpc) is 3.42. The van der Waals surface area contributed by atoms with Gasteiger partial charge in [-0.2, -0.15) is 0 Å². The largest absolute Gasteiger partial charge is 0.495 e. The third-order valence-electron chi connectivity index (χ3n) is 5.61. The van der Waals surface area contributed by atoms with Gasteiger partial charge in [0.05, 0.1) is 25.6 Å². The molecule has 5 nitrogen and oxygen atoms in total. The molecule has 0 unspecified atom stereocenters. The topological polar surface area (TPSA) is 47.0 Å². The van der Waals surface area contributed by atoms with E-state index in [2.05, 4.69) is 22.4 Å². The molecule has 0 spiro atoms. The third-order valence-corrected chi connectivity index (χ3v) is 6.84. The van der Waals surface area contributed by atoms with E-state index in [1.54, 1.807) is 31.8 Å². The molecule has 0 saturated carbocycles. The number of alkyl halides is 2. The van der Waals surface area contributed by atoms with Crippen molar-refractivity contribution in [3.63, 3.8) is 0 Å². The van der Waals surface area contributed by atoms with E-state index in [0.717, 1.165) is 44.5 Å². The summed E-state index contributed by atoms with van der Waals surface area (Å²) in [5, 5.41) is 3.05. The molecule has 0 fully saturated rings. The molecule has 0 aliphatic heterocycles. The van der Waals surface area contributed by atoms with Gasteiger partial charge in [-0.3, -0.25) is 4.99 Å². The number of hydrogen-bond donors (Lipinski definition) is 0. The number of benzene rings is 3. The summed E-state index contributed by atoms with van der Waals surface area (Å²) in [6.45, 7) is 1.37. The first-order valence-electron chi connectivity index (χ1n) is 11.4. The average molecular weight is 541 g/mol. The van der Waals surface area contributed by atoms with Crippen molar-refractivity contribution in [2.45, 2.75) is 0 Å². The molecule has 0 atom stereocenters. The summed E-state index contributed by atoms with van der Waals surface area (Å²) in [5.74, 6) is 2.44. The summed E-state index contributed by atoms with van der Waals surface area (Å²) in [6, 6.07) is 22.1. The van der Waals surface area contributed by atoms with Gasteiger partial charge in [0.25, 0.3) is 0 Å². The minimum Gasteiger partial charge on any atom is -0.495 e. The molecule has 0 radical (unpaired) electrons. The standard InChI is InChI=1S/C28H27Cl2N3O2S/c1-34-26-11-9-22(24-19-36-28(32-24)21-6-4-3-5-7-21)17-23(26)31-18-20-8-10-25(27(16-20)35-2)33(14-12-29)15-13-30/h3-11,16-19H,12-15H2,1-2H3. The zero-order valence-electron chi connectivity index (χ0n) is 20.2. The lowest BCUT2D eigenvalue weighted by molar-refractivity contribution is 0.414. The number of methoxy groups -OCH3 is 2. The maximum atomic E-state index is 5.98. The second-order valence-corrected chi connectivity index (χ2v) is 9.46. The number of rotatable bonds is 11. The molecule has 186 valence electrons. The zero-order valence-corrected chi connectivity index (χ0v) is 22.5. The van der Waals surface area contributed by atoms with Crippen LogP contribution in [0.1, 0.15) is 5.56 Å². The SMILES string of the molecule is COc1ccc(-c2csc(-c3ccccc3)n2)cc1N=Cc1ccc(N(CCCl)CCCl)c(OC)c1. The highest BCUT2D eigenvalue weighted by molar-refractivity contribution is 7.13. The fraction of sp³-hybridized carbons (Fsp3) is 0.214. The lowest BCUT2D eigenvalue weighted by Gasteiger charge is -2.25. The minimum absolute atomic E-state index is 0.505. The number of aliphatic imine (C=N–C) groups is 1. The highest BCUT2D eigenvalue weighted by Crippen LogP contribution is 2.35. The van der Waals surface area contributed by atoms with Crippen LogP contribution in [0.4, 0.5) is 11.4 Å². The van der Waals surface area contributed by atoms with Crippen LogP contribution in [0.2, 0.25) is 0 Å². The number of thiazole rings is 1. The van der Waals surface area contributed by atoms with Crippen molar-refractivity contribution in [2.75, 3.05) is 44.0 Å². The van der Waals surface area contributed by atoms with Gasteiger partial charge in [0.1, 0.15) is 22.2 Å². The molecule has 0 aliphatic rings. The fourth-order valence-electron chi connectivity index (χ4n) is 3.81. The Morgan fingerprint density at radius 2 is 1.64 bits per heavy atom. The predicted molar refractivity (Wildman–Crippen MR) is 153 cm³/mol. The van der Waals surface area contributed by atoms with Crippen molar-refractivity contribution in [1.82, 2.24) is 4.98 Å². The van der Waals surface area contributed by atoms with Crippen molar-refractivity contribution in [3.8, 4) is 33.3 Å². The maximum Gasteiger partial charge on any atom is 0.144 e. The summed E-state index contributed by atoms with van der Waals surface area (Å²) in [7, 11) is 3.30. The molecule has 1 heterocycles. The van der Waals surface area contributed by atoms with E-state index in [1.807, 2.05) is 54.6 Å². The lowest BCUT2D eigenvalue weighted by Crippen LogP contribution is -2.28. The number of halogens is 2. The molecule has 0 N–H and O–H groups in total. The van der Waals surface area contributed by atoms with E-state index in [-0.39, 0.29) is 0 Å². The van der Waals surface area contributed by atoms with E-state index in [0.29, 0.717) is 30.6 Å². The Hall–Kier alpha value is -3.06. The Labute approximate surface area is 226 Å². The second-order valence-electron chi connectivity index (χ2n) is 7.85. The zero-order chi connectivity index (χ0) is 25.3. The first-order valence-corrected chi connectivity index (χ1v) is 13.4. The van der Waals surface area contributed by atoms with Gasteiger partial charge < -0.3 is 14.4 Å². The highest BCUT2D eigenvalue weighted by atomic mass is 35.5. The van der Waals surface area contributed by atoms with Crippen LogP contribution in [0, 0.1) is 0 Å². The van der Waals surface area contributed by atoms with Crippen LogP contribution in [-0.4, -0.2) is 50.3 Å². The number of ether oxygens (including phenoxy) is 2. The van der Waals surface area contributed by atoms with Gasteiger partial charge >= 0.3 is 0 Å². The Morgan fingerprint density at radius 1 is 0.889 bits per heavy atom. The van der Waals surface area contributed by atoms with Crippen LogP contribution in [0.3, 0.4) is 0 Å². The van der Waals surface area contributed by atoms with E-state index in [9.17, 15) is 0 Å².